The second kappa shape index (κ2) is 11.3. The maximum atomic E-state index is 14.5. The molecule has 3 N–H and O–H groups in total. The number of aliphatic hydroxyl groups excluding tert-OH is 1. The third-order valence-corrected chi connectivity index (χ3v) is 8.36. The number of phenolic OH excluding ortho intramolecular Hbond substituents is 1. The van der Waals surface area contributed by atoms with Crippen LogP contribution in [0.5, 0.6) is 11.5 Å². The summed E-state index contributed by atoms with van der Waals surface area (Å²) in [6.45, 7) is 12.0. The van der Waals surface area contributed by atoms with Crippen molar-refractivity contribution in [3.63, 3.8) is 0 Å². The molecule has 238 valence electrons. The molecule has 0 fully saturated rings. The molecule has 1 aliphatic heterocycles. The first-order valence-corrected chi connectivity index (χ1v) is 14.6. The molecule has 10 heteroatoms. The summed E-state index contributed by atoms with van der Waals surface area (Å²) in [7, 11) is 0. The second-order valence-electron chi connectivity index (χ2n) is 13.6. The van der Waals surface area contributed by atoms with E-state index in [1.165, 1.54) is 12.1 Å². The molecule has 45 heavy (non-hydrogen) atoms. The van der Waals surface area contributed by atoms with E-state index in [-0.39, 0.29) is 28.7 Å². The summed E-state index contributed by atoms with van der Waals surface area (Å²) >= 11 is 0. The highest BCUT2D eigenvalue weighted by Gasteiger charge is 2.49. The van der Waals surface area contributed by atoms with Crippen molar-refractivity contribution in [2.24, 2.45) is 5.92 Å². The van der Waals surface area contributed by atoms with Gasteiger partial charge < -0.3 is 20.3 Å². The van der Waals surface area contributed by atoms with Gasteiger partial charge in [0.25, 0.3) is 0 Å². The number of hydrogen-bond acceptors (Lipinski definition) is 6. The summed E-state index contributed by atoms with van der Waals surface area (Å²) in [5.41, 5.74) is 0.639. The zero-order valence-electron chi connectivity index (χ0n) is 25.8. The van der Waals surface area contributed by atoms with Gasteiger partial charge in [-0.3, -0.25) is 9.59 Å². The fraction of sp³-hybridized carbons (Fsp3) is 0.371. The van der Waals surface area contributed by atoms with Crippen LogP contribution >= 0.6 is 0 Å². The molecule has 0 radical (unpaired) electrons. The van der Waals surface area contributed by atoms with Crippen LogP contribution < -0.4 is 10.1 Å². The summed E-state index contributed by atoms with van der Waals surface area (Å²) in [5.74, 6) is -10.7. The van der Waals surface area contributed by atoms with E-state index in [1.54, 1.807) is 18.2 Å². The Bertz CT molecular complexity index is 1720. The summed E-state index contributed by atoms with van der Waals surface area (Å²) in [4.78, 5) is 26.2. The monoisotopic (exact) mass is 625 g/mol. The van der Waals surface area contributed by atoms with Crippen LogP contribution in [0.2, 0.25) is 0 Å². The summed E-state index contributed by atoms with van der Waals surface area (Å²) in [6, 6.07) is 7.62. The molecule has 6 nitrogen and oxygen atoms in total. The molecule has 0 saturated carbocycles. The maximum absolute atomic E-state index is 14.5. The van der Waals surface area contributed by atoms with Crippen LogP contribution in [0.1, 0.15) is 92.2 Å². The van der Waals surface area contributed by atoms with E-state index >= 15 is 0 Å². The number of fused-ring (bicyclic) bond motifs is 2. The quantitative estimate of drug-likeness (QED) is 0.0897. The number of nitrogens with one attached hydrogen (secondary N) is 1. The van der Waals surface area contributed by atoms with Gasteiger partial charge in [-0.2, -0.15) is 0 Å². The van der Waals surface area contributed by atoms with E-state index in [0.717, 1.165) is 16.7 Å². The molecule has 1 heterocycles. The number of carbonyl (C=O) groups excluding carboxylic acids is 2. The zero-order chi connectivity index (χ0) is 33.2. The topological polar surface area (TPSA) is 95.9 Å². The number of ether oxygens (including phenoxy) is 1. The Hall–Kier alpha value is -4.18. The summed E-state index contributed by atoms with van der Waals surface area (Å²) in [6.07, 6.45) is 1.45. The van der Waals surface area contributed by atoms with Gasteiger partial charge in [-0.05, 0) is 40.0 Å². The largest absolute Gasteiger partial charge is 0.507 e. The first-order chi connectivity index (χ1) is 20.9. The first-order valence-electron chi connectivity index (χ1n) is 14.6. The molecule has 1 aliphatic carbocycles. The standard InChI is InChI=1S/C35H35F4NO5/c1-34(2,3)18-14-16(15-19(31(18)42)35(4,5)6)10-13-22(41)45-21-9-7-8-17-11-12-20(40-30(17)21)23-32(43)24-25(33(23)44)27(37)29(39)28(38)26(24)36/h7-9,11-12,14-15,20,23,32,40,42-43H,10,13H2,1-6H3. The predicted molar refractivity (Wildman–Crippen MR) is 161 cm³/mol. The number of anilines is 1. The Labute approximate surface area is 258 Å². The molecule has 0 amide bonds. The number of esters is 1. The number of carbonyl (C=O) groups is 2. The van der Waals surface area contributed by atoms with Gasteiger partial charge in [-0.15, -0.1) is 0 Å². The third kappa shape index (κ3) is 5.72. The van der Waals surface area contributed by atoms with Crippen LogP contribution in [-0.4, -0.2) is 28.0 Å². The van der Waals surface area contributed by atoms with E-state index in [9.17, 15) is 37.4 Å². The highest BCUT2D eigenvalue weighted by molar-refractivity contribution is 6.04. The first kappa shape index (κ1) is 32.2. The minimum Gasteiger partial charge on any atom is -0.507 e. The molecular formula is C35H35F4NO5. The van der Waals surface area contributed by atoms with Crippen LogP contribution in [0.4, 0.5) is 23.2 Å². The number of para-hydroxylation sites is 1. The van der Waals surface area contributed by atoms with Gasteiger partial charge in [0.2, 0.25) is 0 Å². The van der Waals surface area contributed by atoms with Crippen LogP contribution in [-0.2, 0) is 22.0 Å². The fourth-order valence-corrected chi connectivity index (χ4v) is 5.98. The molecule has 0 spiro atoms. The van der Waals surface area contributed by atoms with Gasteiger partial charge in [0.1, 0.15) is 5.75 Å². The molecule has 0 aromatic heterocycles. The average molecular weight is 626 g/mol. The van der Waals surface area contributed by atoms with E-state index < -0.39 is 64.2 Å². The van der Waals surface area contributed by atoms with Gasteiger partial charge in [0.05, 0.1) is 29.3 Å². The SMILES string of the molecule is CC(C)(C)c1cc(CCC(=O)Oc2cccc3c2NC(C2C(=O)c4c(F)c(F)c(F)c(F)c4C2O)C=C3)cc(C(C)(C)C)c1O. The number of phenols is 1. The highest BCUT2D eigenvalue weighted by Crippen LogP contribution is 2.45. The number of halogens is 4. The lowest BCUT2D eigenvalue weighted by molar-refractivity contribution is -0.134. The Kier molecular flexibility index (Phi) is 8.10. The van der Waals surface area contributed by atoms with Crippen molar-refractivity contribution in [1.29, 1.82) is 0 Å². The number of ketones is 1. The Morgan fingerprint density at radius 1 is 0.933 bits per heavy atom. The Balaban J connectivity index is 1.36. The van der Waals surface area contributed by atoms with Crippen LogP contribution in [0.15, 0.2) is 36.4 Å². The van der Waals surface area contributed by atoms with Gasteiger partial charge in [-0.1, -0.05) is 78.0 Å². The molecule has 0 saturated heterocycles. The number of benzene rings is 3. The molecular weight excluding hydrogens is 590 g/mol. The normalized spacial score (nSPS) is 19.3. The van der Waals surface area contributed by atoms with Gasteiger partial charge in [0.15, 0.2) is 34.8 Å². The van der Waals surface area contributed by atoms with E-state index in [1.807, 2.05) is 53.7 Å². The van der Waals surface area contributed by atoms with Crippen molar-refractivity contribution in [3.8, 4) is 11.5 Å². The number of hydrogen-bond donors (Lipinski definition) is 3. The third-order valence-electron chi connectivity index (χ3n) is 8.36. The molecule has 3 atom stereocenters. The number of rotatable bonds is 5. The van der Waals surface area contributed by atoms with Crippen LogP contribution in [0.3, 0.4) is 0 Å². The van der Waals surface area contributed by atoms with Crippen molar-refractivity contribution in [2.75, 3.05) is 5.32 Å². The lowest BCUT2D eigenvalue weighted by Crippen LogP contribution is -2.35. The molecule has 3 aromatic carbocycles. The smallest absolute Gasteiger partial charge is 0.311 e. The van der Waals surface area contributed by atoms with Crippen molar-refractivity contribution >= 4 is 23.5 Å². The minimum absolute atomic E-state index is 0.00565. The Morgan fingerprint density at radius 2 is 1.53 bits per heavy atom. The van der Waals surface area contributed by atoms with Crippen molar-refractivity contribution < 1.29 is 42.1 Å². The van der Waals surface area contributed by atoms with Gasteiger partial charge in [0, 0.05) is 17.5 Å². The summed E-state index contributed by atoms with van der Waals surface area (Å²) < 4.78 is 62.6. The lowest BCUT2D eigenvalue weighted by atomic mass is 9.78. The Morgan fingerprint density at radius 3 is 2.13 bits per heavy atom. The van der Waals surface area contributed by atoms with Crippen molar-refractivity contribution in [1.82, 2.24) is 0 Å². The maximum Gasteiger partial charge on any atom is 0.311 e. The number of aryl methyl sites for hydroxylation is 1. The van der Waals surface area contributed by atoms with E-state index in [0.29, 0.717) is 17.7 Å². The minimum atomic E-state index is -2.13. The average Bonchev–Trinajstić information content (AvgIpc) is 3.22. The van der Waals surface area contributed by atoms with Crippen molar-refractivity contribution in [2.45, 2.75) is 77.4 Å². The predicted octanol–water partition coefficient (Wildman–Crippen LogP) is 7.44. The zero-order valence-corrected chi connectivity index (χ0v) is 25.8. The molecule has 3 aromatic rings. The van der Waals surface area contributed by atoms with E-state index in [4.69, 9.17) is 4.74 Å². The highest BCUT2D eigenvalue weighted by atomic mass is 19.2. The van der Waals surface area contributed by atoms with Crippen LogP contribution in [0, 0.1) is 29.2 Å². The second-order valence-corrected chi connectivity index (χ2v) is 13.6. The number of Topliss-reactive ketones (excluding diaryl/α,β-unsaturated/α-hetero) is 1. The number of aliphatic hydroxyl groups is 1. The number of aromatic hydroxyl groups is 1. The van der Waals surface area contributed by atoms with Gasteiger partial charge in [-0.25, -0.2) is 17.6 Å². The molecule has 2 aliphatic rings. The van der Waals surface area contributed by atoms with Crippen LogP contribution in [0.25, 0.3) is 6.08 Å². The van der Waals surface area contributed by atoms with Crippen molar-refractivity contribution in [3.05, 3.63) is 93.1 Å². The summed E-state index contributed by atoms with van der Waals surface area (Å²) in [5, 5.41) is 24.8. The van der Waals surface area contributed by atoms with Gasteiger partial charge >= 0.3 is 5.97 Å². The lowest BCUT2D eigenvalue weighted by Gasteiger charge is -2.29. The molecule has 0 bridgehead atoms. The molecule has 3 unspecified atom stereocenters. The fourth-order valence-electron chi connectivity index (χ4n) is 5.98. The molecule has 5 rings (SSSR count). The van der Waals surface area contributed by atoms with E-state index in [2.05, 4.69) is 5.32 Å².